The van der Waals surface area contributed by atoms with Crippen molar-refractivity contribution < 1.29 is 8.78 Å². The van der Waals surface area contributed by atoms with E-state index in [1.54, 1.807) is 0 Å². The molecule has 1 aromatic rings. The van der Waals surface area contributed by atoms with E-state index in [1.165, 1.54) is 12.1 Å². The van der Waals surface area contributed by atoms with Gasteiger partial charge >= 0.3 is 0 Å². The summed E-state index contributed by atoms with van der Waals surface area (Å²) in [4.78, 5) is 0. The molecule has 0 aliphatic carbocycles. The summed E-state index contributed by atoms with van der Waals surface area (Å²) >= 11 is 0. The van der Waals surface area contributed by atoms with Gasteiger partial charge in [0.25, 0.3) is 0 Å². The van der Waals surface area contributed by atoms with Gasteiger partial charge in [-0.3, -0.25) is 0 Å². The van der Waals surface area contributed by atoms with Gasteiger partial charge in [-0.1, -0.05) is 6.07 Å². The van der Waals surface area contributed by atoms with E-state index in [2.05, 4.69) is 0 Å². The average Bonchev–Trinajstić information content (AvgIpc) is 2.12. The normalized spacial score (nSPS) is 9.62. The van der Waals surface area contributed by atoms with Crippen LogP contribution < -0.4 is 0 Å². The number of nitriles is 1. The van der Waals surface area contributed by atoms with E-state index in [9.17, 15) is 8.78 Å². The lowest BCUT2D eigenvalue weighted by Gasteiger charge is -1.99. The van der Waals surface area contributed by atoms with Gasteiger partial charge in [-0.25, -0.2) is 8.78 Å². The van der Waals surface area contributed by atoms with Gasteiger partial charge in [-0.2, -0.15) is 5.26 Å². The van der Waals surface area contributed by atoms with Gasteiger partial charge in [0.2, 0.25) is 0 Å². The molecule has 3 heteroatoms. The van der Waals surface area contributed by atoms with E-state index in [-0.39, 0.29) is 0 Å². The number of rotatable bonds is 3. The summed E-state index contributed by atoms with van der Waals surface area (Å²) in [5.41, 5.74) is 0.731. The predicted molar refractivity (Wildman–Crippen MR) is 44.9 cm³/mol. The van der Waals surface area contributed by atoms with Crippen LogP contribution in [0.5, 0.6) is 0 Å². The molecule has 0 unspecified atom stereocenters. The third-order valence-corrected chi connectivity index (χ3v) is 1.74. The minimum atomic E-state index is -0.830. The number of halogens is 2. The molecule has 0 amide bonds. The Morgan fingerprint density at radius 1 is 1.23 bits per heavy atom. The van der Waals surface area contributed by atoms with Gasteiger partial charge in [0.1, 0.15) is 0 Å². The van der Waals surface area contributed by atoms with E-state index in [4.69, 9.17) is 5.26 Å². The van der Waals surface area contributed by atoms with Crippen molar-refractivity contribution in [3.05, 3.63) is 35.4 Å². The smallest absolute Gasteiger partial charge is 0.159 e. The molecule has 0 saturated heterocycles. The highest BCUT2D eigenvalue weighted by Crippen LogP contribution is 2.10. The zero-order valence-corrected chi connectivity index (χ0v) is 7.06. The molecule has 0 bridgehead atoms. The highest BCUT2D eigenvalue weighted by Gasteiger charge is 2.01. The summed E-state index contributed by atoms with van der Waals surface area (Å²) in [6, 6.07) is 5.82. The number of aryl methyl sites for hydroxylation is 1. The van der Waals surface area contributed by atoms with E-state index < -0.39 is 11.6 Å². The average molecular weight is 181 g/mol. The molecule has 0 fully saturated rings. The lowest BCUT2D eigenvalue weighted by atomic mass is 10.1. The van der Waals surface area contributed by atoms with Crippen molar-refractivity contribution in [3.8, 4) is 6.07 Å². The topological polar surface area (TPSA) is 23.8 Å². The molecule has 0 aliphatic rings. The van der Waals surface area contributed by atoms with Gasteiger partial charge in [-0.15, -0.1) is 0 Å². The van der Waals surface area contributed by atoms with Crippen LogP contribution in [0.25, 0.3) is 0 Å². The fraction of sp³-hybridized carbons (Fsp3) is 0.300. The van der Waals surface area contributed by atoms with Crippen molar-refractivity contribution in [2.24, 2.45) is 0 Å². The molecule has 68 valence electrons. The molecule has 0 aliphatic heterocycles. The maximum Gasteiger partial charge on any atom is 0.159 e. The molecule has 0 N–H and O–H groups in total. The van der Waals surface area contributed by atoms with E-state index in [0.717, 1.165) is 11.6 Å². The number of unbranched alkanes of at least 4 members (excludes halogenated alkanes) is 1. The third kappa shape index (κ3) is 2.83. The zero-order chi connectivity index (χ0) is 9.68. The Hall–Kier alpha value is -1.43. The molecule has 1 rings (SSSR count). The lowest BCUT2D eigenvalue weighted by Crippen LogP contribution is -1.89. The van der Waals surface area contributed by atoms with Gasteiger partial charge in [0.15, 0.2) is 11.6 Å². The van der Waals surface area contributed by atoms with Gasteiger partial charge in [0.05, 0.1) is 6.07 Å². The lowest BCUT2D eigenvalue weighted by molar-refractivity contribution is 0.507. The predicted octanol–water partition coefficient (Wildman–Crippen LogP) is 2.81. The molecule has 0 heterocycles. The number of hydrogen-bond donors (Lipinski definition) is 0. The summed E-state index contributed by atoms with van der Waals surface area (Å²) < 4.78 is 25.1. The second-order valence-corrected chi connectivity index (χ2v) is 2.76. The maximum atomic E-state index is 12.6. The Bertz CT molecular complexity index is 328. The fourth-order valence-corrected chi connectivity index (χ4v) is 1.07. The van der Waals surface area contributed by atoms with Crippen LogP contribution in [0.1, 0.15) is 18.4 Å². The standard InChI is InChI=1S/C10H9F2N/c11-9-5-4-8(7-10(9)12)3-1-2-6-13/h4-5,7H,1-3H2. The van der Waals surface area contributed by atoms with Crippen LogP contribution in [0.3, 0.4) is 0 Å². The fourth-order valence-electron chi connectivity index (χ4n) is 1.07. The molecule has 1 nitrogen and oxygen atoms in total. The van der Waals surface area contributed by atoms with E-state index in [0.29, 0.717) is 19.3 Å². The minimum absolute atomic E-state index is 0.443. The molecule has 1 aromatic carbocycles. The van der Waals surface area contributed by atoms with Crippen LogP contribution in [0.15, 0.2) is 18.2 Å². The second kappa shape index (κ2) is 4.56. The monoisotopic (exact) mass is 181 g/mol. The number of nitrogens with zero attached hydrogens (tertiary/aromatic N) is 1. The molecule has 13 heavy (non-hydrogen) atoms. The molecule has 0 radical (unpaired) electrons. The Morgan fingerprint density at radius 3 is 2.62 bits per heavy atom. The van der Waals surface area contributed by atoms with Gasteiger partial charge < -0.3 is 0 Å². The van der Waals surface area contributed by atoms with Crippen molar-refractivity contribution in [1.82, 2.24) is 0 Å². The zero-order valence-electron chi connectivity index (χ0n) is 7.06. The Kier molecular flexibility index (Phi) is 3.39. The van der Waals surface area contributed by atoms with Crippen molar-refractivity contribution in [3.63, 3.8) is 0 Å². The van der Waals surface area contributed by atoms with Crippen molar-refractivity contribution >= 4 is 0 Å². The second-order valence-electron chi connectivity index (χ2n) is 2.76. The molecule has 0 aromatic heterocycles. The summed E-state index contributed by atoms with van der Waals surface area (Å²) in [7, 11) is 0. The molecule has 0 saturated carbocycles. The summed E-state index contributed by atoms with van der Waals surface area (Å²) in [5, 5.41) is 8.26. The molecular weight excluding hydrogens is 172 g/mol. The summed E-state index contributed by atoms with van der Waals surface area (Å²) in [6.07, 6.45) is 1.74. The summed E-state index contributed by atoms with van der Waals surface area (Å²) in [6.45, 7) is 0. The first-order chi connectivity index (χ1) is 6.24. The first-order valence-electron chi connectivity index (χ1n) is 4.05. The highest BCUT2D eigenvalue weighted by atomic mass is 19.2. The molecule has 0 atom stereocenters. The Labute approximate surface area is 75.6 Å². The maximum absolute atomic E-state index is 12.6. The number of benzene rings is 1. The Morgan fingerprint density at radius 2 is 2.00 bits per heavy atom. The third-order valence-electron chi connectivity index (χ3n) is 1.74. The molecular formula is C10H9F2N. The minimum Gasteiger partial charge on any atom is -0.204 e. The van der Waals surface area contributed by atoms with Crippen LogP contribution in [-0.4, -0.2) is 0 Å². The van der Waals surface area contributed by atoms with E-state index >= 15 is 0 Å². The van der Waals surface area contributed by atoms with Crippen molar-refractivity contribution in [2.45, 2.75) is 19.3 Å². The first kappa shape index (κ1) is 9.66. The Balaban J connectivity index is 2.59. The first-order valence-corrected chi connectivity index (χ1v) is 4.05. The van der Waals surface area contributed by atoms with Crippen LogP contribution in [0, 0.1) is 23.0 Å². The van der Waals surface area contributed by atoms with Crippen molar-refractivity contribution in [2.75, 3.05) is 0 Å². The van der Waals surface area contributed by atoms with Crippen LogP contribution in [0.4, 0.5) is 8.78 Å². The number of hydrogen-bond acceptors (Lipinski definition) is 1. The highest BCUT2D eigenvalue weighted by molar-refractivity contribution is 5.17. The summed E-state index contributed by atoms with van der Waals surface area (Å²) in [5.74, 6) is -1.65. The largest absolute Gasteiger partial charge is 0.204 e. The van der Waals surface area contributed by atoms with Crippen LogP contribution in [-0.2, 0) is 6.42 Å². The quantitative estimate of drug-likeness (QED) is 0.658. The van der Waals surface area contributed by atoms with Gasteiger partial charge in [0, 0.05) is 6.42 Å². The van der Waals surface area contributed by atoms with Crippen LogP contribution in [0.2, 0.25) is 0 Å². The van der Waals surface area contributed by atoms with Gasteiger partial charge in [-0.05, 0) is 30.5 Å². The van der Waals surface area contributed by atoms with Crippen LogP contribution >= 0.6 is 0 Å². The SMILES string of the molecule is N#CCCCc1ccc(F)c(F)c1. The van der Waals surface area contributed by atoms with E-state index in [1.807, 2.05) is 6.07 Å². The van der Waals surface area contributed by atoms with Crippen molar-refractivity contribution in [1.29, 1.82) is 5.26 Å². The molecule has 0 spiro atoms.